The highest BCUT2D eigenvalue weighted by Crippen LogP contribution is 2.24. The number of nitrogens with one attached hydrogen (secondary N) is 2. The highest BCUT2D eigenvalue weighted by Gasteiger charge is 2.19. The maximum Gasteiger partial charge on any atom is 0.222 e. The molecule has 2 N–H and O–H groups in total. The van der Waals surface area contributed by atoms with Crippen molar-refractivity contribution in [2.24, 2.45) is 0 Å². The van der Waals surface area contributed by atoms with Crippen LogP contribution in [0.25, 0.3) is 0 Å². The van der Waals surface area contributed by atoms with Gasteiger partial charge in [-0.15, -0.1) is 0 Å². The van der Waals surface area contributed by atoms with Gasteiger partial charge in [0.25, 0.3) is 0 Å². The Balaban J connectivity index is 1.52. The van der Waals surface area contributed by atoms with E-state index in [1.807, 2.05) is 11.0 Å². The average Bonchev–Trinajstić information content (AvgIpc) is 2.94. The zero-order valence-corrected chi connectivity index (χ0v) is 12.5. The van der Waals surface area contributed by atoms with E-state index >= 15 is 0 Å². The van der Waals surface area contributed by atoms with Crippen LogP contribution in [0.3, 0.4) is 0 Å². The van der Waals surface area contributed by atoms with Gasteiger partial charge in [-0.1, -0.05) is 6.07 Å². The number of amides is 1. The van der Waals surface area contributed by atoms with Crippen LogP contribution >= 0.6 is 0 Å². The molecule has 1 amide bonds. The normalized spacial score (nSPS) is 20.0. The molecule has 5 nitrogen and oxygen atoms in total. The molecule has 2 aliphatic rings. The second kappa shape index (κ2) is 6.89. The minimum atomic E-state index is 0.285. The number of aromatic nitrogens is 1. The van der Waals surface area contributed by atoms with Gasteiger partial charge < -0.3 is 15.5 Å². The maximum absolute atomic E-state index is 11.6. The van der Waals surface area contributed by atoms with E-state index in [0.717, 1.165) is 45.0 Å². The van der Waals surface area contributed by atoms with Crippen LogP contribution in [0.2, 0.25) is 0 Å². The molecular formula is C16H24N4O. The molecule has 114 valence electrons. The third-order valence-electron chi connectivity index (χ3n) is 4.39. The molecule has 1 aromatic rings. The Kier molecular flexibility index (Phi) is 4.70. The van der Waals surface area contributed by atoms with Crippen molar-refractivity contribution in [3.8, 4) is 0 Å². The summed E-state index contributed by atoms with van der Waals surface area (Å²) < 4.78 is 0. The number of hydrogen-bond acceptors (Lipinski definition) is 4. The van der Waals surface area contributed by atoms with Crippen molar-refractivity contribution in [1.29, 1.82) is 0 Å². The summed E-state index contributed by atoms with van der Waals surface area (Å²) in [6, 6.07) is 6.22. The van der Waals surface area contributed by atoms with Gasteiger partial charge in [-0.2, -0.15) is 0 Å². The molecule has 0 aromatic carbocycles. The molecule has 2 aliphatic heterocycles. The molecule has 1 aromatic heterocycles. The summed E-state index contributed by atoms with van der Waals surface area (Å²) in [4.78, 5) is 18.2. The molecule has 0 aliphatic carbocycles. The number of carbonyl (C=O) groups is 1. The van der Waals surface area contributed by atoms with Crippen LogP contribution in [0.1, 0.15) is 37.3 Å². The fourth-order valence-corrected chi connectivity index (χ4v) is 3.15. The number of anilines is 1. The van der Waals surface area contributed by atoms with E-state index in [2.05, 4.69) is 22.8 Å². The minimum absolute atomic E-state index is 0.285. The van der Waals surface area contributed by atoms with Gasteiger partial charge in [-0.3, -0.25) is 4.79 Å². The summed E-state index contributed by atoms with van der Waals surface area (Å²) in [7, 11) is 0. The maximum atomic E-state index is 11.6. The van der Waals surface area contributed by atoms with Crippen molar-refractivity contribution < 1.29 is 4.79 Å². The first kappa shape index (κ1) is 14.3. The highest BCUT2D eigenvalue weighted by atomic mass is 16.2. The largest absolute Gasteiger partial charge is 0.368 e. The van der Waals surface area contributed by atoms with Crippen LogP contribution in [-0.4, -0.2) is 48.5 Å². The van der Waals surface area contributed by atoms with Gasteiger partial charge in [0.1, 0.15) is 5.82 Å². The zero-order valence-electron chi connectivity index (χ0n) is 12.5. The number of rotatable bonds is 5. The molecule has 0 atom stereocenters. The summed E-state index contributed by atoms with van der Waals surface area (Å²) in [5.74, 6) is 1.79. The quantitative estimate of drug-likeness (QED) is 0.864. The van der Waals surface area contributed by atoms with Crippen LogP contribution in [0.4, 0.5) is 5.82 Å². The molecule has 2 saturated heterocycles. The molecule has 2 fully saturated rings. The van der Waals surface area contributed by atoms with Crippen molar-refractivity contribution in [1.82, 2.24) is 15.2 Å². The topological polar surface area (TPSA) is 57.3 Å². The molecule has 0 unspecified atom stereocenters. The summed E-state index contributed by atoms with van der Waals surface area (Å²) in [6.07, 6.45) is 4.04. The minimum Gasteiger partial charge on any atom is -0.368 e. The summed E-state index contributed by atoms with van der Waals surface area (Å²) in [5, 5.41) is 6.74. The van der Waals surface area contributed by atoms with Crippen LogP contribution in [0.5, 0.6) is 0 Å². The van der Waals surface area contributed by atoms with E-state index in [1.54, 1.807) is 0 Å². The monoisotopic (exact) mass is 288 g/mol. The van der Waals surface area contributed by atoms with Crippen molar-refractivity contribution in [3.05, 3.63) is 23.9 Å². The molecule has 0 bridgehead atoms. The van der Waals surface area contributed by atoms with Gasteiger partial charge in [0.2, 0.25) is 5.91 Å². The van der Waals surface area contributed by atoms with E-state index in [-0.39, 0.29) is 5.91 Å². The van der Waals surface area contributed by atoms with Crippen LogP contribution < -0.4 is 10.6 Å². The molecule has 0 radical (unpaired) electrons. The van der Waals surface area contributed by atoms with Crippen molar-refractivity contribution >= 4 is 11.7 Å². The Morgan fingerprint density at radius 2 is 2.19 bits per heavy atom. The number of pyridine rings is 1. The van der Waals surface area contributed by atoms with Crippen molar-refractivity contribution in [3.63, 3.8) is 0 Å². The van der Waals surface area contributed by atoms with Crippen molar-refractivity contribution in [2.45, 2.75) is 31.6 Å². The number of likely N-dealkylation sites (tertiary alicyclic amines) is 1. The summed E-state index contributed by atoms with van der Waals surface area (Å²) in [5.41, 5.74) is 1.19. The Labute approximate surface area is 126 Å². The van der Waals surface area contributed by atoms with Gasteiger partial charge in [-0.05, 0) is 44.5 Å². The summed E-state index contributed by atoms with van der Waals surface area (Å²) >= 11 is 0. The first-order valence-corrected chi connectivity index (χ1v) is 8.02. The smallest absolute Gasteiger partial charge is 0.222 e. The fraction of sp³-hybridized carbons (Fsp3) is 0.625. The molecular weight excluding hydrogens is 264 g/mol. The fourth-order valence-electron chi connectivity index (χ4n) is 3.15. The van der Waals surface area contributed by atoms with Gasteiger partial charge in [0, 0.05) is 37.7 Å². The SMILES string of the molecule is O=C1CCCN1CCNc1cccc(C2CCNCC2)n1. The molecule has 5 heteroatoms. The third kappa shape index (κ3) is 3.73. The molecule has 0 spiro atoms. The predicted molar refractivity (Wildman–Crippen MR) is 83.4 cm³/mol. The van der Waals surface area contributed by atoms with E-state index in [1.165, 1.54) is 18.5 Å². The van der Waals surface area contributed by atoms with Crippen molar-refractivity contribution in [2.75, 3.05) is 38.0 Å². The van der Waals surface area contributed by atoms with Gasteiger partial charge in [-0.25, -0.2) is 4.98 Å². The van der Waals surface area contributed by atoms with E-state index in [4.69, 9.17) is 4.98 Å². The average molecular weight is 288 g/mol. The molecule has 0 saturated carbocycles. The van der Waals surface area contributed by atoms with Gasteiger partial charge in [0.15, 0.2) is 0 Å². The third-order valence-corrected chi connectivity index (χ3v) is 4.39. The van der Waals surface area contributed by atoms with Crippen LogP contribution in [0.15, 0.2) is 18.2 Å². The number of piperidine rings is 1. The summed E-state index contributed by atoms with van der Waals surface area (Å²) in [6.45, 7) is 4.62. The first-order chi connectivity index (χ1) is 10.3. The number of nitrogens with zero attached hydrogens (tertiary/aromatic N) is 2. The van der Waals surface area contributed by atoms with Crippen LogP contribution in [-0.2, 0) is 4.79 Å². The molecule has 21 heavy (non-hydrogen) atoms. The lowest BCUT2D eigenvalue weighted by molar-refractivity contribution is -0.127. The van der Waals surface area contributed by atoms with E-state index < -0.39 is 0 Å². The number of hydrogen-bond donors (Lipinski definition) is 2. The van der Waals surface area contributed by atoms with Gasteiger partial charge in [0.05, 0.1) is 0 Å². The standard InChI is InChI=1S/C16H24N4O/c21-16-5-2-11-20(16)12-10-18-15-4-1-3-14(19-15)13-6-8-17-9-7-13/h1,3-4,13,17H,2,5-12H2,(H,18,19). The lowest BCUT2D eigenvalue weighted by Gasteiger charge is -2.22. The Hall–Kier alpha value is -1.62. The van der Waals surface area contributed by atoms with E-state index in [9.17, 15) is 4.79 Å². The molecule has 3 heterocycles. The zero-order chi connectivity index (χ0) is 14.5. The predicted octanol–water partition coefficient (Wildman–Crippen LogP) is 1.58. The van der Waals surface area contributed by atoms with E-state index in [0.29, 0.717) is 12.3 Å². The Bertz CT molecular complexity index is 485. The number of carbonyl (C=O) groups excluding carboxylic acids is 1. The Morgan fingerprint density at radius 3 is 2.95 bits per heavy atom. The highest BCUT2D eigenvalue weighted by molar-refractivity contribution is 5.78. The second-order valence-corrected chi connectivity index (χ2v) is 5.88. The first-order valence-electron chi connectivity index (χ1n) is 8.02. The lowest BCUT2D eigenvalue weighted by Crippen LogP contribution is -2.30. The molecule has 3 rings (SSSR count). The Morgan fingerprint density at radius 1 is 1.33 bits per heavy atom. The second-order valence-electron chi connectivity index (χ2n) is 5.88. The van der Waals surface area contributed by atoms with Crippen LogP contribution in [0, 0.1) is 0 Å². The van der Waals surface area contributed by atoms with Gasteiger partial charge >= 0.3 is 0 Å². The lowest BCUT2D eigenvalue weighted by atomic mass is 9.94.